The SMILES string of the molecule is CCCCC(=O)OCC1(COC(=O)CCCC)CCCCC1. The molecule has 0 spiro atoms. The monoisotopic (exact) mass is 312 g/mol. The lowest BCUT2D eigenvalue weighted by Gasteiger charge is -2.36. The Morgan fingerprint density at radius 2 is 1.27 bits per heavy atom. The maximum atomic E-state index is 11.7. The van der Waals surface area contributed by atoms with E-state index >= 15 is 0 Å². The summed E-state index contributed by atoms with van der Waals surface area (Å²) < 4.78 is 10.9. The molecule has 0 aromatic carbocycles. The van der Waals surface area contributed by atoms with Gasteiger partial charge in [0.2, 0.25) is 0 Å². The Morgan fingerprint density at radius 1 is 0.818 bits per heavy atom. The molecule has 0 unspecified atom stereocenters. The quantitative estimate of drug-likeness (QED) is 0.561. The van der Waals surface area contributed by atoms with Crippen molar-refractivity contribution in [2.24, 2.45) is 5.41 Å². The summed E-state index contributed by atoms with van der Waals surface area (Å²) in [7, 11) is 0. The number of unbranched alkanes of at least 4 members (excludes halogenated alkanes) is 2. The van der Waals surface area contributed by atoms with Crippen LogP contribution in [-0.2, 0) is 19.1 Å². The fourth-order valence-corrected chi connectivity index (χ4v) is 2.89. The first-order valence-corrected chi connectivity index (χ1v) is 8.93. The van der Waals surface area contributed by atoms with Crippen LogP contribution in [0.25, 0.3) is 0 Å². The molecule has 0 aliphatic heterocycles. The third-order valence-electron chi connectivity index (χ3n) is 4.46. The summed E-state index contributed by atoms with van der Waals surface area (Å²) >= 11 is 0. The van der Waals surface area contributed by atoms with Gasteiger partial charge in [0.25, 0.3) is 0 Å². The zero-order chi connectivity index (χ0) is 16.3. The highest BCUT2D eigenvalue weighted by molar-refractivity contribution is 5.69. The van der Waals surface area contributed by atoms with Crippen LogP contribution in [0.3, 0.4) is 0 Å². The lowest BCUT2D eigenvalue weighted by molar-refractivity contribution is -0.156. The van der Waals surface area contributed by atoms with Crippen molar-refractivity contribution in [3.05, 3.63) is 0 Å². The number of ether oxygens (including phenoxy) is 2. The Bertz CT molecular complexity index is 306. The zero-order valence-electron chi connectivity index (χ0n) is 14.3. The van der Waals surface area contributed by atoms with Crippen LogP contribution in [0.2, 0.25) is 0 Å². The van der Waals surface area contributed by atoms with Gasteiger partial charge in [0.05, 0.1) is 0 Å². The highest BCUT2D eigenvalue weighted by Gasteiger charge is 2.35. The van der Waals surface area contributed by atoms with Crippen LogP contribution in [0.5, 0.6) is 0 Å². The maximum absolute atomic E-state index is 11.7. The summed E-state index contributed by atoms with van der Waals surface area (Å²) in [5, 5.41) is 0. The normalized spacial score (nSPS) is 17.0. The molecule has 0 heterocycles. The average Bonchev–Trinajstić information content (AvgIpc) is 2.55. The van der Waals surface area contributed by atoms with E-state index in [2.05, 4.69) is 13.8 Å². The van der Waals surface area contributed by atoms with Crippen molar-refractivity contribution < 1.29 is 19.1 Å². The second-order valence-corrected chi connectivity index (χ2v) is 6.59. The van der Waals surface area contributed by atoms with Gasteiger partial charge >= 0.3 is 11.9 Å². The molecule has 4 heteroatoms. The molecule has 0 amide bonds. The predicted octanol–water partition coefficient (Wildman–Crippen LogP) is 4.40. The maximum Gasteiger partial charge on any atom is 0.305 e. The minimum absolute atomic E-state index is 0.121. The molecule has 1 aliphatic rings. The summed E-state index contributed by atoms with van der Waals surface area (Å²) in [6.45, 7) is 4.92. The van der Waals surface area contributed by atoms with Crippen molar-refractivity contribution >= 4 is 11.9 Å². The van der Waals surface area contributed by atoms with Gasteiger partial charge in [0.15, 0.2) is 0 Å². The average molecular weight is 312 g/mol. The molecule has 128 valence electrons. The zero-order valence-corrected chi connectivity index (χ0v) is 14.3. The van der Waals surface area contributed by atoms with Gasteiger partial charge < -0.3 is 9.47 Å². The van der Waals surface area contributed by atoms with Crippen LogP contribution in [0.4, 0.5) is 0 Å². The molecule has 1 fully saturated rings. The van der Waals surface area contributed by atoms with Crippen LogP contribution >= 0.6 is 0 Å². The molecule has 0 radical (unpaired) electrons. The number of hydrogen-bond acceptors (Lipinski definition) is 4. The highest BCUT2D eigenvalue weighted by atomic mass is 16.5. The molecule has 0 bridgehead atoms. The lowest BCUT2D eigenvalue weighted by atomic mass is 9.75. The minimum Gasteiger partial charge on any atom is -0.465 e. The van der Waals surface area contributed by atoms with E-state index in [1.807, 2.05) is 0 Å². The number of carbonyl (C=O) groups excluding carboxylic acids is 2. The van der Waals surface area contributed by atoms with E-state index in [0.29, 0.717) is 26.1 Å². The third kappa shape index (κ3) is 7.28. The number of hydrogen-bond donors (Lipinski definition) is 0. The Labute approximate surface area is 134 Å². The van der Waals surface area contributed by atoms with Crippen molar-refractivity contribution in [1.82, 2.24) is 0 Å². The summed E-state index contributed by atoms with van der Waals surface area (Å²) in [6.07, 6.45) is 10.1. The first-order valence-electron chi connectivity index (χ1n) is 8.93. The van der Waals surface area contributed by atoms with E-state index in [-0.39, 0.29) is 17.4 Å². The molecule has 0 aromatic heterocycles. The third-order valence-corrected chi connectivity index (χ3v) is 4.46. The summed E-state index contributed by atoms with van der Waals surface area (Å²) in [4.78, 5) is 23.5. The lowest BCUT2D eigenvalue weighted by Crippen LogP contribution is -2.36. The van der Waals surface area contributed by atoms with Gasteiger partial charge in [-0.25, -0.2) is 0 Å². The largest absolute Gasteiger partial charge is 0.465 e. The smallest absolute Gasteiger partial charge is 0.305 e. The van der Waals surface area contributed by atoms with E-state index < -0.39 is 0 Å². The van der Waals surface area contributed by atoms with Crippen molar-refractivity contribution in [2.75, 3.05) is 13.2 Å². The Kier molecular flexibility index (Phi) is 9.17. The van der Waals surface area contributed by atoms with Gasteiger partial charge in [-0.2, -0.15) is 0 Å². The van der Waals surface area contributed by atoms with E-state index in [4.69, 9.17) is 9.47 Å². The summed E-state index contributed by atoms with van der Waals surface area (Å²) in [6, 6.07) is 0. The second-order valence-electron chi connectivity index (χ2n) is 6.59. The molecule has 1 saturated carbocycles. The van der Waals surface area contributed by atoms with E-state index in [1.54, 1.807) is 0 Å². The molecule has 0 aromatic rings. The summed E-state index contributed by atoms with van der Waals surface area (Å²) in [5.74, 6) is -0.242. The first-order chi connectivity index (χ1) is 10.6. The Balaban J connectivity index is 2.43. The molecular formula is C18H32O4. The highest BCUT2D eigenvalue weighted by Crippen LogP contribution is 2.37. The minimum atomic E-state index is -0.151. The van der Waals surface area contributed by atoms with E-state index in [0.717, 1.165) is 51.4 Å². The number of carbonyl (C=O) groups is 2. The second kappa shape index (κ2) is 10.6. The number of esters is 2. The van der Waals surface area contributed by atoms with Crippen LogP contribution in [0.1, 0.15) is 84.5 Å². The Morgan fingerprint density at radius 3 is 1.68 bits per heavy atom. The van der Waals surface area contributed by atoms with Gasteiger partial charge in [-0.05, 0) is 25.7 Å². The molecule has 1 aliphatic carbocycles. The van der Waals surface area contributed by atoms with Crippen LogP contribution in [-0.4, -0.2) is 25.2 Å². The molecule has 22 heavy (non-hydrogen) atoms. The van der Waals surface area contributed by atoms with Gasteiger partial charge in [-0.3, -0.25) is 9.59 Å². The molecular weight excluding hydrogens is 280 g/mol. The summed E-state index contributed by atoms with van der Waals surface area (Å²) in [5.41, 5.74) is -0.151. The van der Waals surface area contributed by atoms with Crippen LogP contribution in [0.15, 0.2) is 0 Å². The van der Waals surface area contributed by atoms with Crippen molar-refractivity contribution in [1.29, 1.82) is 0 Å². The molecule has 0 N–H and O–H groups in total. The fourth-order valence-electron chi connectivity index (χ4n) is 2.89. The fraction of sp³-hybridized carbons (Fsp3) is 0.889. The first kappa shape index (κ1) is 19.0. The van der Waals surface area contributed by atoms with Crippen molar-refractivity contribution in [2.45, 2.75) is 84.5 Å². The predicted molar refractivity (Wildman–Crippen MR) is 86.5 cm³/mol. The standard InChI is InChI=1S/C18H32O4/c1-3-5-10-16(19)21-14-18(12-8-7-9-13-18)15-22-17(20)11-6-4-2/h3-15H2,1-2H3. The topological polar surface area (TPSA) is 52.6 Å². The molecule has 0 atom stereocenters. The Hall–Kier alpha value is -1.06. The van der Waals surface area contributed by atoms with Gasteiger partial charge in [0, 0.05) is 18.3 Å². The van der Waals surface area contributed by atoms with Crippen LogP contribution in [0, 0.1) is 5.41 Å². The molecule has 4 nitrogen and oxygen atoms in total. The van der Waals surface area contributed by atoms with Crippen LogP contribution < -0.4 is 0 Å². The number of rotatable bonds is 10. The van der Waals surface area contributed by atoms with E-state index in [1.165, 1.54) is 6.42 Å². The van der Waals surface area contributed by atoms with Gasteiger partial charge in [0.1, 0.15) is 13.2 Å². The van der Waals surface area contributed by atoms with Gasteiger partial charge in [-0.1, -0.05) is 46.0 Å². The van der Waals surface area contributed by atoms with Crippen molar-refractivity contribution in [3.8, 4) is 0 Å². The molecule has 0 saturated heterocycles. The van der Waals surface area contributed by atoms with E-state index in [9.17, 15) is 9.59 Å². The van der Waals surface area contributed by atoms with Gasteiger partial charge in [-0.15, -0.1) is 0 Å². The molecule has 1 rings (SSSR count). The van der Waals surface area contributed by atoms with Crippen molar-refractivity contribution in [3.63, 3.8) is 0 Å².